The van der Waals surface area contributed by atoms with E-state index in [0.29, 0.717) is 9.80 Å². The summed E-state index contributed by atoms with van der Waals surface area (Å²) in [4.78, 5) is 48.4. The SMILES string of the molecule is Cc1cc(C)c(C(C)NC(=O)CN2C(=O)C(=O)N(C)C2=O)cc1C. The number of rotatable bonds is 4. The van der Waals surface area contributed by atoms with Crippen molar-refractivity contribution in [3.63, 3.8) is 0 Å². The zero-order valence-corrected chi connectivity index (χ0v) is 14.5. The van der Waals surface area contributed by atoms with Crippen molar-refractivity contribution in [1.29, 1.82) is 0 Å². The van der Waals surface area contributed by atoms with Crippen LogP contribution in [0.2, 0.25) is 0 Å². The van der Waals surface area contributed by atoms with E-state index in [0.717, 1.165) is 16.7 Å². The molecule has 0 radical (unpaired) electrons. The quantitative estimate of drug-likeness (QED) is 0.664. The van der Waals surface area contributed by atoms with Gasteiger partial charge in [-0.1, -0.05) is 12.1 Å². The fourth-order valence-corrected chi connectivity index (χ4v) is 2.71. The molecule has 1 aromatic rings. The molecule has 0 bridgehead atoms. The highest BCUT2D eigenvalue weighted by Crippen LogP contribution is 2.21. The molecule has 128 valence electrons. The maximum absolute atomic E-state index is 12.2. The highest BCUT2D eigenvalue weighted by Gasteiger charge is 2.43. The monoisotopic (exact) mass is 331 g/mol. The Labute approximate surface area is 140 Å². The first-order chi connectivity index (χ1) is 11.1. The molecule has 7 nitrogen and oxygen atoms in total. The van der Waals surface area contributed by atoms with Gasteiger partial charge in [-0.2, -0.15) is 0 Å². The van der Waals surface area contributed by atoms with Crippen LogP contribution >= 0.6 is 0 Å². The topological polar surface area (TPSA) is 86.8 Å². The van der Waals surface area contributed by atoms with Crippen LogP contribution in [0, 0.1) is 20.8 Å². The van der Waals surface area contributed by atoms with E-state index in [9.17, 15) is 19.2 Å². The van der Waals surface area contributed by atoms with Gasteiger partial charge in [-0.05, 0) is 49.9 Å². The Bertz CT molecular complexity index is 742. The second kappa shape index (κ2) is 6.43. The molecule has 1 aliphatic heterocycles. The molecule has 1 aromatic carbocycles. The molecule has 0 aromatic heterocycles. The third-order valence-electron chi connectivity index (χ3n) is 4.28. The molecule has 1 aliphatic rings. The van der Waals surface area contributed by atoms with Crippen LogP contribution in [-0.2, 0) is 14.4 Å². The number of benzene rings is 1. The Kier molecular flexibility index (Phi) is 4.73. The lowest BCUT2D eigenvalue weighted by atomic mass is 9.96. The van der Waals surface area contributed by atoms with Gasteiger partial charge in [0.15, 0.2) is 0 Å². The average Bonchev–Trinajstić information content (AvgIpc) is 2.68. The number of carbonyl (C=O) groups is 4. The van der Waals surface area contributed by atoms with Crippen LogP contribution in [0.3, 0.4) is 0 Å². The van der Waals surface area contributed by atoms with E-state index >= 15 is 0 Å². The number of hydrogen-bond acceptors (Lipinski definition) is 4. The van der Waals surface area contributed by atoms with Gasteiger partial charge < -0.3 is 5.32 Å². The first-order valence-electron chi connectivity index (χ1n) is 7.64. The van der Waals surface area contributed by atoms with Crippen molar-refractivity contribution < 1.29 is 19.2 Å². The molecule has 24 heavy (non-hydrogen) atoms. The van der Waals surface area contributed by atoms with Crippen molar-refractivity contribution >= 4 is 23.8 Å². The van der Waals surface area contributed by atoms with Gasteiger partial charge in [0.1, 0.15) is 6.54 Å². The molecule has 1 saturated heterocycles. The number of nitrogens with zero attached hydrogens (tertiary/aromatic N) is 2. The molecule has 1 fully saturated rings. The largest absolute Gasteiger partial charge is 0.348 e. The maximum Gasteiger partial charge on any atom is 0.334 e. The van der Waals surface area contributed by atoms with Gasteiger partial charge in [0.05, 0.1) is 6.04 Å². The highest BCUT2D eigenvalue weighted by molar-refractivity contribution is 6.44. The minimum atomic E-state index is -0.979. The third-order valence-corrected chi connectivity index (χ3v) is 4.28. The average molecular weight is 331 g/mol. The number of amides is 5. The van der Waals surface area contributed by atoms with Crippen molar-refractivity contribution in [1.82, 2.24) is 15.1 Å². The molecule has 1 unspecified atom stereocenters. The van der Waals surface area contributed by atoms with E-state index in [1.54, 1.807) is 0 Å². The van der Waals surface area contributed by atoms with Gasteiger partial charge in [-0.3, -0.25) is 19.3 Å². The lowest BCUT2D eigenvalue weighted by Crippen LogP contribution is -2.41. The molecule has 0 aliphatic carbocycles. The van der Waals surface area contributed by atoms with Crippen LogP contribution in [0.15, 0.2) is 12.1 Å². The molecule has 1 N–H and O–H groups in total. The van der Waals surface area contributed by atoms with E-state index in [-0.39, 0.29) is 6.04 Å². The molecule has 2 rings (SSSR count). The first kappa shape index (κ1) is 17.7. The van der Waals surface area contributed by atoms with E-state index in [1.807, 2.05) is 33.8 Å². The number of nitrogens with one attached hydrogen (secondary N) is 1. The minimum absolute atomic E-state index is 0.280. The van der Waals surface area contributed by atoms with Crippen LogP contribution in [0.1, 0.15) is 35.2 Å². The van der Waals surface area contributed by atoms with Crippen LogP contribution in [0.25, 0.3) is 0 Å². The number of carbonyl (C=O) groups excluding carboxylic acids is 4. The van der Waals surface area contributed by atoms with E-state index in [1.165, 1.54) is 12.6 Å². The minimum Gasteiger partial charge on any atom is -0.348 e. The van der Waals surface area contributed by atoms with Gasteiger partial charge in [-0.15, -0.1) is 0 Å². The second-order valence-electron chi connectivity index (χ2n) is 6.12. The smallest absolute Gasteiger partial charge is 0.334 e. The van der Waals surface area contributed by atoms with Gasteiger partial charge in [0, 0.05) is 7.05 Å². The molecular formula is C17H21N3O4. The zero-order valence-electron chi connectivity index (χ0n) is 14.5. The first-order valence-corrected chi connectivity index (χ1v) is 7.64. The summed E-state index contributed by atoms with van der Waals surface area (Å²) in [6.45, 7) is 7.34. The molecule has 1 heterocycles. The second-order valence-corrected chi connectivity index (χ2v) is 6.12. The zero-order chi connectivity index (χ0) is 18.2. The number of aryl methyl sites for hydroxylation is 3. The molecule has 5 amide bonds. The molecule has 0 spiro atoms. The van der Waals surface area contributed by atoms with Crippen LogP contribution in [0.5, 0.6) is 0 Å². The van der Waals surface area contributed by atoms with Crippen molar-refractivity contribution in [2.45, 2.75) is 33.7 Å². The van der Waals surface area contributed by atoms with Crippen LogP contribution in [-0.4, -0.2) is 47.1 Å². The standard InChI is InChI=1S/C17H21N3O4/c1-9-6-11(3)13(7-10(9)2)12(4)18-14(21)8-20-16(23)15(22)19(5)17(20)24/h6-7,12H,8H2,1-5H3,(H,18,21). The Morgan fingerprint density at radius 2 is 1.62 bits per heavy atom. The van der Waals surface area contributed by atoms with Crippen molar-refractivity contribution in [2.24, 2.45) is 0 Å². The number of hydrogen-bond donors (Lipinski definition) is 1. The highest BCUT2D eigenvalue weighted by atomic mass is 16.2. The van der Waals surface area contributed by atoms with E-state index in [4.69, 9.17) is 0 Å². The van der Waals surface area contributed by atoms with E-state index in [2.05, 4.69) is 11.4 Å². The summed E-state index contributed by atoms with van der Waals surface area (Å²) in [5.41, 5.74) is 4.31. The normalized spacial score (nSPS) is 16.0. The Morgan fingerprint density at radius 3 is 2.17 bits per heavy atom. The molecule has 0 saturated carbocycles. The maximum atomic E-state index is 12.2. The number of urea groups is 1. The Hall–Kier alpha value is -2.70. The fraction of sp³-hybridized carbons (Fsp3) is 0.412. The number of imide groups is 2. The summed E-state index contributed by atoms with van der Waals surface area (Å²) in [5, 5.41) is 2.77. The third kappa shape index (κ3) is 3.15. The summed E-state index contributed by atoms with van der Waals surface area (Å²) in [7, 11) is 1.21. The lowest BCUT2D eigenvalue weighted by molar-refractivity contribution is -0.143. The summed E-state index contributed by atoms with van der Waals surface area (Å²) in [6, 6.07) is 3.00. The van der Waals surface area contributed by atoms with Gasteiger partial charge in [0.25, 0.3) is 0 Å². The molecule has 7 heteroatoms. The van der Waals surface area contributed by atoms with Crippen molar-refractivity contribution in [3.05, 3.63) is 34.4 Å². The number of likely N-dealkylation sites (N-methyl/N-ethyl adjacent to an activating group) is 1. The van der Waals surface area contributed by atoms with E-state index < -0.39 is 30.3 Å². The summed E-state index contributed by atoms with van der Waals surface area (Å²) in [6.07, 6.45) is 0. The predicted molar refractivity (Wildman–Crippen MR) is 87.1 cm³/mol. The summed E-state index contributed by atoms with van der Waals surface area (Å²) >= 11 is 0. The fourth-order valence-electron chi connectivity index (χ4n) is 2.71. The van der Waals surface area contributed by atoms with Crippen LogP contribution < -0.4 is 5.32 Å². The van der Waals surface area contributed by atoms with Crippen LogP contribution in [0.4, 0.5) is 4.79 Å². The Balaban J connectivity index is 2.08. The summed E-state index contributed by atoms with van der Waals surface area (Å²) in [5.74, 6) is -2.40. The predicted octanol–water partition coefficient (Wildman–Crippen LogP) is 1.21. The van der Waals surface area contributed by atoms with Gasteiger partial charge in [-0.25, -0.2) is 9.69 Å². The molecular weight excluding hydrogens is 310 g/mol. The van der Waals surface area contributed by atoms with Gasteiger partial charge >= 0.3 is 17.8 Å². The lowest BCUT2D eigenvalue weighted by Gasteiger charge is -2.20. The van der Waals surface area contributed by atoms with Gasteiger partial charge in [0.2, 0.25) is 5.91 Å². The summed E-state index contributed by atoms with van der Waals surface area (Å²) < 4.78 is 0. The van der Waals surface area contributed by atoms with Crippen molar-refractivity contribution in [3.8, 4) is 0 Å². The Morgan fingerprint density at radius 1 is 1.04 bits per heavy atom. The van der Waals surface area contributed by atoms with Crippen molar-refractivity contribution in [2.75, 3.05) is 13.6 Å². The molecule has 1 atom stereocenters.